The lowest BCUT2D eigenvalue weighted by Gasteiger charge is -2.61. The van der Waals surface area contributed by atoms with Crippen molar-refractivity contribution >= 4 is 0 Å². The van der Waals surface area contributed by atoms with Gasteiger partial charge in [-0.3, -0.25) is 9.80 Å². The first-order chi connectivity index (χ1) is 6.33. The maximum atomic E-state index is 5.03. The lowest BCUT2D eigenvalue weighted by atomic mass is 9.86. The van der Waals surface area contributed by atoms with Crippen LogP contribution in [0, 0.1) is 0 Å². The van der Waals surface area contributed by atoms with E-state index in [1.165, 1.54) is 13.1 Å². The Kier molecular flexibility index (Phi) is 4.16. The zero-order chi connectivity index (χ0) is 9.84. The van der Waals surface area contributed by atoms with E-state index >= 15 is 0 Å². The average molecular weight is 186 g/mol. The van der Waals surface area contributed by atoms with Crippen molar-refractivity contribution in [3.63, 3.8) is 0 Å². The first-order valence-corrected chi connectivity index (χ1v) is 5.26. The zero-order valence-electron chi connectivity index (χ0n) is 9.29. The van der Waals surface area contributed by atoms with E-state index in [9.17, 15) is 0 Å². The summed E-state index contributed by atoms with van der Waals surface area (Å²) in [5, 5.41) is 0. The third kappa shape index (κ3) is 2.03. The Morgan fingerprint density at radius 2 is 1.92 bits per heavy atom. The summed E-state index contributed by atoms with van der Waals surface area (Å²) in [4.78, 5) is 4.93. The van der Waals surface area contributed by atoms with Gasteiger partial charge in [-0.05, 0) is 7.05 Å². The lowest BCUT2D eigenvalue weighted by Crippen LogP contribution is -2.77. The molecule has 0 aromatic rings. The number of ether oxygens (including phenoxy) is 1. The second-order valence-electron chi connectivity index (χ2n) is 3.56. The van der Waals surface area contributed by atoms with E-state index in [-0.39, 0.29) is 0 Å². The topological polar surface area (TPSA) is 15.7 Å². The molecule has 0 radical (unpaired) electrons. The second kappa shape index (κ2) is 4.94. The Balaban J connectivity index is 0.000000396. The molecule has 0 aliphatic carbocycles. The maximum absolute atomic E-state index is 5.03. The molecule has 2 aliphatic rings. The second-order valence-corrected chi connectivity index (χ2v) is 3.56. The fourth-order valence-electron chi connectivity index (χ4n) is 2.03. The van der Waals surface area contributed by atoms with Gasteiger partial charge in [0.05, 0.1) is 6.61 Å². The monoisotopic (exact) mass is 186 g/mol. The largest absolute Gasteiger partial charge is 0.383 e. The van der Waals surface area contributed by atoms with Crippen molar-refractivity contribution in [3.05, 3.63) is 0 Å². The molecule has 2 fully saturated rings. The van der Waals surface area contributed by atoms with Gasteiger partial charge in [-0.15, -0.1) is 0 Å². The van der Waals surface area contributed by atoms with E-state index in [4.69, 9.17) is 4.74 Å². The molecule has 0 aromatic heterocycles. The van der Waals surface area contributed by atoms with Crippen LogP contribution in [0.15, 0.2) is 0 Å². The highest BCUT2D eigenvalue weighted by Gasteiger charge is 2.48. The molecule has 2 rings (SSSR count). The Bertz CT molecular complexity index is 150. The molecule has 0 saturated carbocycles. The molecule has 0 amide bonds. The molecule has 13 heavy (non-hydrogen) atoms. The Hall–Kier alpha value is -0.120. The summed E-state index contributed by atoms with van der Waals surface area (Å²) in [5.41, 5.74) is 0. The summed E-state index contributed by atoms with van der Waals surface area (Å²) < 4.78 is 5.03. The number of hydrogen-bond donors (Lipinski definition) is 0. The number of rotatable bonds is 3. The molecular formula is C10H22N2O. The van der Waals surface area contributed by atoms with Gasteiger partial charge in [0.1, 0.15) is 0 Å². The smallest absolute Gasteiger partial charge is 0.0589 e. The number of piperazine rings is 1. The first kappa shape index (κ1) is 11.0. The number of nitrogens with zero attached hydrogens (tertiary/aromatic N) is 2. The van der Waals surface area contributed by atoms with Crippen molar-refractivity contribution in [2.75, 3.05) is 40.4 Å². The molecular weight excluding hydrogens is 164 g/mol. The summed E-state index contributed by atoms with van der Waals surface area (Å²) in [6.45, 7) is 8.51. The Labute approximate surface area is 81.7 Å². The molecule has 78 valence electrons. The van der Waals surface area contributed by atoms with Gasteiger partial charge in [0.15, 0.2) is 0 Å². The average Bonchev–Trinajstić information content (AvgIpc) is 2.17. The summed E-state index contributed by atoms with van der Waals surface area (Å²) >= 11 is 0. The number of methoxy groups -OCH3 is 1. The highest BCUT2D eigenvalue weighted by Crippen LogP contribution is 2.31. The van der Waals surface area contributed by atoms with Crippen LogP contribution >= 0.6 is 0 Å². The van der Waals surface area contributed by atoms with Gasteiger partial charge >= 0.3 is 0 Å². The summed E-state index contributed by atoms with van der Waals surface area (Å²) in [6, 6.07) is 1.72. The number of hydrogen-bond acceptors (Lipinski definition) is 3. The van der Waals surface area contributed by atoms with Crippen LogP contribution in [0.25, 0.3) is 0 Å². The quantitative estimate of drug-likeness (QED) is 0.644. The fourth-order valence-corrected chi connectivity index (χ4v) is 2.03. The van der Waals surface area contributed by atoms with Crippen LogP contribution in [0.3, 0.4) is 0 Å². The van der Waals surface area contributed by atoms with Gasteiger partial charge in [0, 0.05) is 38.8 Å². The molecule has 2 atom stereocenters. The van der Waals surface area contributed by atoms with E-state index in [2.05, 4.69) is 16.8 Å². The maximum Gasteiger partial charge on any atom is 0.0589 e. The van der Waals surface area contributed by atoms with E-state index < -0.39 is 0 Å². The predicted molar refractivity (Wildman–Crippen MR) is 55.0 cm³/mol. The van der Waals surface area contributed by atoms with Gasteiger partial charge in [0.2, 0.25) is 0 Å². The minimum atomic E-state index is 0.857. The third-order valence-electron chi connectivity index (χ3n) is 2.96. The fraction of sp³-hybridized carbons (Fsp3) is 1.00. The van der Waals surface area contributed by atoms with Crippen molar-refractivity contribution in [2.24, 2.45) is 0 Å². The third-order valence-corrected chi connectivity index (χ3v) is 2.96. The molecule has 2 saturated heterocycles. The van der Waals surface area contributed by atoms with E-state index in [1.807, 2.05) is 13.8 Å². The van der Waals surface area contributed by atoms with Crippen molar-refractivity contribution in [3.8, 4) is 0 Å². The number of likely N-dealkylation sites (tertiary alicyclic amines) is 2. The van der Waals surface area contributed by atoms with Crippen molar-refractivity contribution in [1.29, 1.82) is 0 Å². The van der Waals surface area contributed by atoms with Crippen molar-refractivity contribution < 1.29 is 4.74 Å². The highest BCUT2D eigenvalue weighted by atomic mass is 16.5. The van der Waals surface area contributed by atoms with Gasteiger partial charge < -0.3 is 4.74 Å². The molecule has 3 nitrogen and oxygen atoms in total. The van der Waals surface area contributed by atoms with Gasteiger partial charge in [-0.2, -0.15) is 0 Å². The Morgan fingerprint density at radius 1 is 1.23 bits per heavy atom. The van der Waals surface area contributed by atoms with Crippen LogP contribution in [0.2, 0.25) is 0 Å². The van der Waals surface area contributed by atoms with Crippen molar-refractivity contribution in [1.82, 2.24) is 9.80 Å². The normalized spacial score (nSPS) is 32.3. The zero-order valence-corrected chi connectivity index (χ0v) is 9.29. The van der Waals surface area contributed by atoms with Crippen LogP contribution in [0.4, 0.5) is 0 Å². The molecule has 0 bridgehead atoms. The molecule has 0 spiro atoms. The number of fused-ring (bicyclic) bond motifs is 1. The molecule has 2 unspecified atom stereocenters. The van der Waals surface area contributed by atoms with Gasteiger partial charge in [-0.25, -0.2) is 0 Å². The van der Waals surface area contributed by atoms with Crippen LogP contribution in [-0.2, 0) is 4.74 Å². The van der Waals surface area contributed by atoms with Crippen LogP contribution in [-0.4, -0.2) is 62.3 Å². The minimum absolute atomic E-state index is 0.857. The SMILES string of the molecule is CC.COCCN1CC2C1CN2C. The first-order valence-electron chi connectivity index (χ1n) is 5.26. The lowest BCUT2D eigenvalue weighted by molar-refractivity contribution is -0.116. The van der Waals surface area contributed by atoms with Crippen LogP contribution in [0.1, 0.15) is 13.8 Å². The van der Waals surface area contributed by atoms with E-state index in [0.717, 1.165) is 25.2 Å². The van der Waals surface area contributed by atoms with E-state index in [1.54, 1.807) is 7.11 Å². The van der Waals surface area contributed by atoms with Crippen molar-refractivity contribution in [2.45, 2.75) is 25.9 Å². The summed E-state index contributed by atoms with van der Waals surface area (Å²) in [6.07, 6.45) is 0. The summed E-state index contributed by atoms with van der Waals surface area (Å²) in [7, 11) is 3.97. The predicted octanol–water partition coefficient (Wildman–Crippen LogP) is 0.657. The van der Waals surface area contributed by atoms with Crippen LogP contribution < -0.4 is 0 Å². The minimum Gasteiger partial charge on any atom is -0.383 e. The Morgan fingerprint density at radius 3 is 2.31 bits per heavy atom. The van der Waals surface area contributed by atoms with Gasteiger partial charge in [-0.1, -0.05) is 13.8 Å². The van der Waals surface area contributed by atoms with Gasteiger partial charge in [0.25, 0.3) is 0 Å². The molecule has 0 N–H and O–H groups in total. The number of likely N-dealkylation sites (N-methyl/N-ethyl adjacent to an activating group) is 1. The molecule has 2 heterocycles. The highest BCUT2D eigenvalue weighted by molar-refractivity contribution is 5.06. The van der Waals surface area contributed by atoms with E-state index in [0.29, 0.717) is 0 Å². The molecule has 3 heteroatoms. The molecule has 2 aliphatic heterocycles. The standard InChI is InChI=1S/C8H16N2O.C2H6/c1-9-5-8-7(9)6-10(8)3-4-11-2;1-2/h7-8H,3-6H2,1-2H3;1-2H3. The molecule has 0 aromatic carbocycles. The summed E-state index contributed by atoms with van der Waals surface area (Å²) in [5.74, 6) is 0. The van der Waals surface area contributed by atoms with Crippen LogP contribution in [0.5, 0.6) is 0 Å².